The van der Waals surface area contributed by atoms with Crippen LogP contribution in [-0.4, -0.2) is 46.7 Å². The molecule has 1 aromatic heterocycles. The Morgan fingerprint density at radius 2 is 2.00 bits per heavy atom. The second kappa shape index (κ2) is 8.96. The maximum atomic E-state index is 12.2. The number of nitrogens with zero attached hydrogens (tertiary/aromatic N) is 2. The first-order valence-corrected chi connectivity index (χ1v) is 11.2. The number of rotatable bonds is 5. The predicted molar refractivity (Wildman–Crippen MR) is 121 cm³/mol. The van der Waals surface area contributed by atoms with Gasteiger partial charge in [0.15, 0.2) is 6.10 Å². The molecule has 1 aliphatic rings. The molecule has 3 unspecified atom stereocenters. The van der Waals surface area contributed by atoms with E-state index in [2.05, 4.69) is 20.8 Å². The van der Waals surface area contributed by atoms with Gasteiger partial charge in [-0.15, -0.1) is 0 Å². The Morgan fingerprint density at radius 1 is 1.31 bits per heavy atom. The summed E-state index contributed by atoms with van der Waals surface area (Å²) in [6, 6.07) is 7.71. The van der Waals surface area contributed by atoms with Crippen LogP contribution in [0.25, 0.3) is 10.9 Å². The van der Waals surface area contributed by atoms with Crippen molar-refractivity contribution in [2.24, 2.45) is 0 Å². The van der Waals surface area contributed by atoms with Gasteiger partial charge in [-0.3, -0.25) is 0 Å². The van der Waals surface area contributed by atoms with Crippen LogP contribution in [0.15, 0.2) is 24.3 Å². The Kier molecular flexibility index (Phi) is 6.99. The smallest absolute Gasteiger partial charge is 0.335 e. The highest BCUT2D eigenvalue weighted by molar-refractivity contribution is 9.09. The number of carbonyl (C=O) groups is 1. The number of pyridine rings is 1. The second-order valence-corrected chi connectivity index (χ2v) is 10.3. The van der Waals surface area contributed by atoms with Crippen molar-refractivity contribution >= 4 is 61.8 Å². The zero-order valence-corrected chi connectivity index (χ0v) is 20.0. The maximum Gasteiger partial charge on any atom is 0.335 e. The number of benzene rings is 1. The van der Waals surface area contributed by atoms with E-state index in [1.165, 1.54) is 0 Å². The number of esters is 1. The van der Waals surface area contributed by atoms with Gasteiger partial charge in [0.05, 0.1) is 28.2 Å². The van der Waals surface area contributed by atoms with Gasteiger partial charge in [-0.2, -0.15) is 0 Å². The van der Waals surface area contributed by atoms with E-state index in [1.54, 1.807) is 13.0 Å². The fraction of sp³-hybridized carbons (Fsp3) is 0.524. The maximum absolute atomic E-state index is 12.2. The van der Waals surface area contributed by atoms with E-state index in [-0.39, 0.29) is 12.0 Å². The second-order valence-electron chi connectivity index (χ2n) is 8.25. The number of halogens is 3. The van der Waals surface area contributed by atoms with Gasteiger partial charge in [0.1, 0.15) is 11.4 Å². The average Bonchev–Trinajstić information content (AvgIpc) is 3.02. The molecule has 0 amide bonds. The summed E-state index contributed by atoms with van der Waals surface area (Å²) >= 11 is 16.2. The topological polar surface area (TPSA) is 51.7 Å². The Balaban J connectivity index is 1.74. The fourth-order valence-corrected chi connectivity index (χ4v) is 4.40. The molecule has 1 saturated heterocycles. The number of alkyl halides is 1. The molecular formula is C21H25BrCl2N2O3. The first-order chi connectivity index (χ1) is 13.5. The first kappa shape index (κ1) is 22.6. The van der Waals surface area contributed by atoms with Crippen LogP contribution in [0.5, 0.6) is 0 Å². The number of hydrogen-bond donors (Lipinski definition) is 0. The van der Waals surface area contributed by atoms with E-state index in [9.17, 15) is 4.79 Å². The van der Waals surface area contributed by atoms with Crippen LogP contribution in [0.1, 0.15) is 34.1 Å². The van der Waals surface area contributed by atoms with Gasteiger partial charge in [0, 0.05) is 16.8 Å². The molecule has 1 aromatic carbocycles. The van der Waals surface area contributed by atoms with Gasteiger partial charge in [-0.05, 0) is 52.3 Å². The molecule has 0 saturated carbocycles. The molecule has 8 heteroatoms. The van der Waals surface area contributed by atoms with Crippen LogP contribution in [0.4, 0.5) is 5.82 Å². The van der Waals surface area contributed by atoms with Gasteiger partial charge in [-0.25, -0.2) is 9.78 Å². The highest BCUT2D eigenvalue weighted by Crippen LogP contribution is 2.34. The molecule has 0 N–H and O–H groups in total. The predicted octanol–water partition coefficient (Wildman–Crippen LogP) is 5.63. The molecular weight excluding hydrogens is 479 g/mol. The van der Waals surface area contributed by atoms with E-state index in [0.29, 0.717) is 27.0 Å². The summed E-state index contributed by atoms with van der Waals surface area (Å²) < 4.78 is 11.2. The van der Waals surface area contributed by atoms with Crippen LogP contribution in [0.2, 0.25) is 10.0 Å². The van der Waals surface area contributed by atoms with E-state index < -0.39 is 11.7 Å². The SMILES string of the molecule is CC(OCC1CC(Br)CN1c1ccc2ccc(Cl)c(Cl)c2n1)C(=O)OC(C)(C)C. The quantitative estimate of drug-likeness (QED) is 0.391. The molecule has 0 bridgehead atoms. The number of aromatic nitrogens is 1. The van der Waals surface area contributed by atoms with Crippen LogP contribution in [0, 0.1) is 0 Å². The molecule has 3 rings (SSSR count). The number of anilines is 1. The number of fused-ring (bicyclic) bond motifs is 1. The molecule has 2 aromatic rings. The van der Waals surface area contributed by atoms with Crippen molar-refractivity contribution in [2.75, 3.05) is 18.1 Å². The monoisotopic (exact) mass is 502 g/mol. The minimum Gasteiger partial charge on any atom is -0.458 e. The largest absolute Gasteiger partial charge is 0.458 e. The molecule has 29 heavy (non-hydrogen) atoms. The van der Waals surface area contributed by atoms with Crippen LogP contribution < -0.4 is 4.90 Å². The average molecular weight is 504 g/mol. The highest BCUT2D eigenvalue weighted by Gasteiger charge is 2.33. The van der Waals surface area contributed by atoms with Crippen molar-refractivity contribution in [2.45, 2.75) is 56.7 Å². The van der Waals surface area contributed by atoms with Gasteiger partial charge in [0.25, 0.3) is 0 Å². The molecule has 0 radical (unpaired) electrons. The lowest BCUT2D eigenvalue weighted by molar-refractivity contribution is -0.167. The lowest BCUT2D eigenvalue weighted by Gasteiger charge is -2.27. The molecule has 3 atom stereocenters. The molecule has 2 heterocycles. The molecule has 5 nitrogen and oxygen atoms in total. The zero-order valence-electron chi connectivity index (χ0n) is 16.9. The van der Waals surface area contributed by atoms with Crippen LogP contribution in [-0.2, 0) is 14.3 Å². The fourth-order valence-electron chi connectivity index (χ4n) is 3.29. The van der Waals surface area contributed by atoms with Gasteiger partial charge >= 0.3 is 5.97 Å². The summed E-state index contributed by atoms with van der Waals surface area (Å²) in [6.07, 6.45) is 0.243. The zero-order chi connectivity index (χ0) is 21.3. The van der Waals surface area contributed by atoms with Gasteiger partial charge in [0.2, 0.25) is 0 Å². The van der Waals surface area contributed by atoms with E-state index in [1.807, 2.05) is 39.0 Å². The third kappa shape index (κ3) is 5.54. The summed E-state index contributed by atoms with van der Waals surface area (Å²) in [5, 5.41) is 1.87. The van der Waals surface area contributed by atoms with Crippen molar-refractivity contribution in [3.05, 3.63) is 34.3 Å². The summed E-state index contributed by atoms with van der Waals surface area (Å²) in [5.41, 5.74) is 0.140. The lowest BCUT2D eigenvalue weighted by Crippen LogP contribution is -2.37. The molecule has 1 fully saturated rings. The molecule has 0 aliphatic carbocycles. The summed E-state index contributed by atoms with van der Waals surface area (Å²) in [5.74, 6) is 0.449. The minimum atomic E-state index is -0.636. The van der Waals surface area contributed by atoms with Crippen molar-refractivity contribution in [1.82, 2.24) is 4.98 Å². The third-order valence-corrected chi connectivity index (χ3v) is 6.13. The number of hydrogen-bond acceptors (Lipinski definition) is 5. The summed E-state index contributed by atoms with van der Waals surface area (Å²) in [7, 11) is 0. The van der Waals surface area contributed by atoms with E-state index in [0.717, 1.165) is 24.2 Å². The van der Waals surface area contributed by atoms with Gasteiger partial charge in [-0.1, -0.05) is 45.2 Å². The van der Waals surface area contributed by atoms with E-state index >= 15 is 0 Å². The highest BCUT2D eigenvalue weighted by atomic mass is 79.9. The van der Waals surface area contributed by atoms with Crippen molar-refractivity contribution < 1.29 is 14.3 Å². The number of ether oxygens (including phenoxy) is 2. The standard InChI is InChI=1S/C21H25BrCl2N2O3/c1-12(20(27)29-21(2,3)4)28-11-15-9-14(22)10-26(15)17-8-6-13-5-7-16(23)18(24)19(13)25-17/h5-8,12,14-15H,9-11H2,1-4H3. The van der Waals surface area contributed by atoms with Crippen molar-refractivity contribution in [3.8, 4) is 0 Å². The molecule has 158 valence electrons. The first-order valence-electron chi connectivity index (χ1n) is 9.55. The van der Waals surface area contributed by atoms with Crippen molar-refractivity contribution in [1.29, 1.82) is 0 Å². The third-order valence-electron chi connectivity index (χ3n) is 4.67. The number of carbonyl (C=O) groups excluding carboxylic acids is 1. The Morgan fingerprint density at radius 3 is 2.69 bits per heavy atom. The van der Waals surface area contributed by atoms with Gasteiger partial charge < -0.3 is 14.4 Å². The normalized spacial score (nSPS) is 20.9. The molecule has 0 spiro atoms. The van der Waals surface area contributed by atoms with Crippen LogP contribution >= 0.6 is 39.1 Å². The lowest BCUT2D eigenvalue weighted by atomic mass is 10.2. The van der Waals surface area contributed by atoms with Crippen LogP contribution in [0.3, 0.4) is 0 Å². The van der Waals surface area contributed by atoms with E-state index in [4.69, 9.17) is 37.7 Å². The minimum absolute atomic E-state index is 0.0761. The Labute approximate surface area is 189 Å². The molecule has 1 aliphatic heterocycles. The Hall–Kier alpha value is -1.08. The summed E-state index contributed by atoms with van der Waals surface area (Å²) in [6.45, 7) is 8.42. The summed E-state index contributed by atoms with van der Waals surface area (Å²) in [4.78, 5) is 19.4. The Bertz CT molecular complexity index is 903. The van der Waals surface area contributed by atoms with Crippen molar-refractivity contribution in [3.63, 3.8) is 0 Å².